The van der Waals surface area contributed by atoms with Gasteiger partial charge in [-0.25, -0.2) is 0 Å². The van der Waals surface area contributed by atoms with E-state index in [0.29, 0.717) is 23.4 Å². The molecule has 1 aliphatic carbocycles. The molecule has 3 rings (SSSR count). The molecule has 0 radical (unpaired) electrons. The second-order valence-electron chi connectivity index (χ2n) is 5.21. The molecular weight excluding hydrogens is 254 g/mol. The average Bonchev–Trinajstić information content (AvgIpc) is 2.82. The van der Waals surface area contributed by atoms with Crippen LogP contribution in [0.1, 0.15) is 36.8 Å². The van der Waals surface area contributed by atoms with Crippen molar-refractivity contribution in [1.29, 1.82) is 0 Å². The van der Waals surface area contributed by atoms with Crippen molar-refractivity contribution in [2.45, 2.75) is 26.4 Å². The topological polar surface area (TPSA) is 62.3 Å². The highest BCUT2D eigenvalue weighted by atomic mass is 16.5. The highest BCUT2D eigenvalue weighted by molar-refractivity contribution is 6.18. The summed E-state index contributed by atoms with van der Waals surface area (Å²) in [4.78, 5) is 15.8. The van der Waals surface area contributed by atoms with Crippen molar-refractivity contribution in [2.24, 2.45) is 0 Å². The van der Waals surface area contributed by atoms with Crippen molar-refractivity contribution in [3.05, 3.63) is 46.9 Å². The molecule has 0 fully saturated rings. The first-order chi connectivity index (χ1) is 9.48. The Morgan fingerprint density at radius 2 is 2.05 bits per heavy atom. The number of ketones is 1. The molecule has 0 amide bonds. The van der Waals surface area contributed by atoms with E-state index in [0.717, 1.165) is 10.9 Å². The number of aliphatic hydroxyl groups is 1. The van der Waals surface area contributed by atoms with Gasteiger partial charge in [-0.15, -0.1) is 0 Å². The Hall–Kier alpha value is -2.07. The Labute approximate surface area is 117 Å². The van der Waals surface area contributed by atoms with Crippen molar-refractivity contribution in [3.63, 3.8) is 0 Å². The largest absolute Gasteiger partial charge is 0.490 e. The van der Waals surface area contributed by atoms with Gasteiger partial charge in [-0.3, -0.25) is 4.79 Å². The number of carbonyl (C=O) groups is 1. The van der Waals surface area contributed by atoms with Crippen molar-refractivity contribution in [3.8, 4) is 0 Å². The third kappa shape index (κ3) is 1.55. The molecule has 1 atom stereocenters. The normalized spacial score (nSPS) is 22.3. The van der Waals surface area contributed by atoms with Crippen LogP contribution in [0.2, 0.25) is 0 Å². The molecule has 1 aromatic carbocycles. The first-order valence-electron chi connectivity index (χ1n) is 6.70. The van der Waals surface area contributed by atoms with Crippen molar-refractivity contribution >= 4 is 16.7 Å². The number of ether oxygens (including phenoxy) is 1. The number of aromatic nitrogens is 1. The van der Waals surface area contributed by atoms with E-state index in [1.165, 1.54) is 0 Å². The zero-order valence-corrected chi connectivity index (χ0v) is 11.8. The van der Waals surface area contributed by atoms with Crippen LogP contribution in [0.4, 0.5) is 0 Å². The molecule has 1 aliphatic rings. The average molecular weight is 271 g/mol. The summed E-state index contributed by atoms with van der Waals surface area (Å²) in [6.07, 6.45) is 0. The maximum Gasteiger partial charge on any atom is 0.230 e. The van der Waals surface area contributed by atoms with Crippen LogP contribution in [0.5, 0.6) is 0 Å². The van der Waals surface area contributed by atoms with Gasteiger partial charge in [0.1, 0.15) is 5.60 Å². The summed E-state index contributed by atoms with van der Waals surface area (Å²) >= 11 is 0. The van der Waals surface area contributed by atoms with Gasteiger partial charge >= 0.3 is 0 Å². The number of fused-ring (bicyclic) bond motifs is 3. The molecule has 2 aromatic rings. The maximum atomic E-state index is 12.7. The van der Waals surface area contributed by atoms with E-state index in [1.807, 2.05) is 31.2 Å². The van der Waals surface area contributed by atoms with Gasteiger partial charge in [0.05, 0.1) is 17.9 Å². The Balaban J connectivity index is 2.34. The number of benzene rings is 1. The highest BCUT2D eigenvalue weighted by Crippen LogP contribution is 2.41. The summed E-state index contributed by atoms with van der Waals surface area (Å²) in [6, 6.07) is 7.55. The summed E-state index contributed by atoms with van der Waals surface area (Å²) in [6.45, 7) is 5.64. The minimum Gasteiger partial charge on any atom is -0.490 e. The summed E-state index contributed by atoms with van der Waals surface area (Å²) in [5.74, 6) is 0.0954. The number of rotatable bonds is 2. The van der Waals surface area contributed by atoms with E-state index in [-0.39, 0.29) is 11.5 Å². The van der Waals surface area contributed by atoms with E-state index in [2.05, 4.69) is 4.98 Å². The second-order valence-corrected chi connectivity index (χ2v) is 5.21. The lowest BCUT2D eigenvalue weighted by atomic mass is 9.82. The van der Waals surface area contributed by atoms with Gasteiger partial charge in [0, 0.05) is 16.5 Å². The smallest absolute Gasteiger partial charge is 0.230 e. The molecule has 0 saturated carbocycles. The predicted octanol–water partition coefficient (Wildman–Crippen LogP) is 2.88. The van der Waals surface area contributed by atoms with Crippen LogP contribution < -0.4 is 0 Å². The standard InChI is InChI=1S/C16H17NO3/c1-4-20-14-9(2)16(3,19)15-12(13(14)18)10-7-5-6-8-11(10)17-15/h5-8,17,19H,4H2,1-3H3. The number of hydrogen-bond donors (Lipinski definition) is 2. The van der Waals surface area contributed by atoms with Crippen molar-refractivity contribution < 1.29 is 14.6 Å². The molecule has 0 aliphatic heterocycles. The number of carbonyl (C=O) groups excluding carboxylic acids is 1. The van der Waals surface area contributed by atoms with E-state index in [4.69, 9.17) is 4.74 Å². The number of aromatic amines is 1. The highest BCUT2D eigenvalue weighted by Gasteiger charge is 2.42. The number of Topliss-reactive ketones (excluding diaryl/α,β-unsaturated/α-hetero) is 1. The van der Waals surface area contributed by atoms with Crippen molar-refractivity contribution in [1.82, 2.24) is 4.98 Å². The molecule has 4 heteroatoms. The number of H-pyrrole nitrogens is 1. The SMILES string of the molecule is CCOC1=C(C)C(C)(O)c2[nH]c3ccccc3c2C1=O. The number of para-hydroxylation sites is 1. The Morgan fingerprint density at radius 1 is 1.35 bits per heavy atom. The Kier molecular flexibility index (Phi) is 2.73. The minimum absolute atomic E-state index is 0.164. The van der Waals surface area contributed by atoms with E-state index in [9.17, 15) is 9.90 Å². The molecular formula is C16H17NO3. The van der Waals surface area contributed by atoms with Crippen LogP contribution in [0.3, 0.4) is 0 Å². The molecule has 2 N–H and O–H groups in total. The molecule has 0 bridgehead atoms. The molecule has 4 nitrogen and oxygen atoms in total. The van der Waals surface area contributed by atoms with Crippen LogP contribution in [0.15, 0.2) is 35.6 Å². The summed E-state index contributed by atoms with van der Waals surface area (Å²) in [5.41, 5.74) is 1.22. The summed E-state index contributed by atoms with van der Waals surface area (Å²) < 4.78 is 5.47. The number of nitrogens with one attached hydrogen (secondary N) is 1. The van der Waals surface area contributed by atoms with Crippen LogP contribution in [0.25, 0.3) is 10.9 Å². The molecule has 0 spiro atoms. The first kappa shape index (κ1) is 12.9. The Morgan fingerprint density at radius 3 is 2.75 bits per heavy atom. The fourth-order valence-electron chi connectivity index (χ4n) is 2.75. The van der Waals surface area contributed by atoms with Crippen LogP contribution in [0, 0.1) is 0 Å². The maximum absolute atomic E-state index is 12.7. The second kappa shape index (κ2) is 4.21. The number of hydrogen-bond acceptors (Lipinski definition) is 3. The van der Waals surface area contributed by atoms with Crippen LogP contribution >= 0.6 is 0 Å². The quantitative estimate of drug-likeness (QED) is 0.882. The lowest BCUT2D eigenvalue weighted by molar-refractivity contribution is 0.0662. The van der Waals surface area contributed by atoms with Crippen LogP contribution in [-0.4, -0.2) is 22.5 Å². The minimum atomic E-state index is -1.23. The van der Waals surface area contributed by atoms with Gasteiger partial charge < -0.3 is 14.8 Å². The fourth-order valence-corrected chi connectivity index (χ4v) is 2.75. The van der Waals surface area contributed by atoms with Crippen LogP contribution in [-0.2, 0) is 10.3 Å². The molecule has 20 heavy (non-hydrogen) atoms. The third-order valence-corrected chi connectivity index (χ3v) is 3.99. The first-order valence-corrected chi connectivity index (χ1v) is 6.70. The van der Waals surface area contributed by atoms with E-state index >= 15 is 0 Å². The molecule has 104 valence electrons. The van der Waals surface area contributed by atoms with Gasteiger partial charge in [-0.1, -0.05) is 18.2 Å². The monoisotopic (exact) mass is 271 g/mol. The zero-order chi connectivity index (χ0) is 14.5. The lowest BCUT2D eigenvalue weighted by Crippen LogP contribution is -2.33. The van der Waals surface area contributed by atoms with Gasteiger partial charge in [-0.2, -0.15) is 0 Å². The predicted molar refractivity (Wildman–Crippen MR) is 76.5 cm³/mol. The molecule has 1 heterocycles. The lowest BCUT2D eigenvalue weighted by Gasteiger charge is -2.30. The summed E-state index contributed by atoms with van der Waals surface area (Å²) in [7, 11) is 0. The fraction of sp³-hybridized carbons (Fsp3) is 0.312. The van der Waals surface area contributed by atoms with E-state index < -0.39 is 5.60 Å². The third-order valence-electron chi connectivity index (χ3n) is 3.99. The van der Waals surface area contributed by atoms with Gasteiger partial charge in [-0.05, 0) is 26.8 Å². The Bertz CT molecular complexity index is 737. The molecule has 1 aromatic heterocycles. The van der Waals surface area contributed by atoms with E-state index in [1.54, 1.807) is 13.8 Å². The summed E-state index contributed by atoms with van der Waals surface area (Å²) in [5, 5.41) is 11.6. The molecule has 1 unspecified atom stereocenters. The van der Waals surface area contributed by atoms with Gasteiger partial charge in [0.2, 0.25) is 5.78 Å². The van der Waals surface area contributed by atoms with Crippen molar-refractivity contribution in [2.75, 3.05) is 6.61 Å². The molecule has 0 saturated heterocycles. The zero-order valence-electron chi connectivity index (χ0n) is 11.8. The van der Waals surface area contributed by atoms with Gasteiger partial charge in [0.25, 0.3) is 0 Å². The van der Waals surface area contributed by atoms with Gasteiger partial charge in [0.15, 0.2) is 5.76 Å². The number of allylic oxidation sites excluding steroid dienone is 1.